The smallest absolute Gasteiger partial charge is 0.407 e. The van der Waals surface area contributed by atoms with Crippen LogP contribution in [0.2, 0.25) is 0 Å². The van der Waals surface area contributed by atoms with E-state index in [1.165, 1.54) is 14.2 Å². The van der Waals surface area contributed by atoms with Gasteiger partial charge in [0.1, 0.15) is 22.7 Å². The van der Waals surface area contributed by atoms with Crippen LogP contribution in [0, 0.1) is 11.8 Å². The van der Waals surface area contributed by atoms with Gasteiger partial charge in [-0.15, -0.1) is 0 Å². The van der Waals surface area contributed by atoms with E-state index < -0.39 is 23.3 Å². The number of hydrogen-bond acceptors (Lipinski definition) is 8. The number of hydrogen-bond donors (Lipinski definition) is 4. The number of H-pyrrole nitrogens is 2. The summed E-state index contributed by atoms with van der Waals surface area (Å²) in [6.07, 6.45) is 8.19. The van der Waals surface area contributed by atoms with Crippen molar-refractivity contribution < 1.29 is 28.7 Å². The molecule has 8 rings (SSSR count). The third-order valence-corrected chi connectivity index (χ3v) is 12.4. The maximum Gasteiger partial charge on any atom is 0.407 e. The van der Waals surface area contributed by atoms with Gasteiger partial charge in [0.05, 0.1) is 50.1 Å². The van der Waals surface area contributed by atoms with E-state index in [1.54, 1.807) is 27.7 Å². The number of nitrogens with zero attached hydrogens (tertiary/aromatic N) is 4. The number of rotatable bonds is 9. The number of carbonyl (C=O) groups excluding carboxylic acids is 4. The number of ether oxygens (including phenoxy) is 2. The van der Waals surface area contributed by atoms with Crippen LogP contribution >= 0.6 is 0 Å². The number of imidazole rings is 2. The van der Waals surface area contributed by atoms with Gasteiger partial charge < -0.3 is 39.9 Å². The van der Waals surface area contributed by atoms with E-state index in [-0.39, 0.29) is 36.0 Å². The third-order valence-electron chi connectivity index (χ3n) is 12.4. The van der Waals surface area contributed by atoms with Crippen molar-refractivity contribution in [2.24, 2.45) is 11.8 Å². The lowest BCUT2D eigenvalue weighted by Gasteiger charge is -2.39. The highest BCUT2D eigenvalue weighted by Gasteiger charge is 2.54. The van der Waals surface area contributed by atoms with Crippen LogP contribution in [0.5, 0.6) is 0 Å². The first kappa shape index (κ1) is 37.3. The molecule has 0 spiro atoms. The largest absolute Gasteiger partial charge is 0.453 e. The van der Waals surface area contributed by atoms with Gasteiger partial charge in [-0.25, -0.2) is 19.6 Å². The van der Waals surface area contributed by atoms with Gasteiger partial charge in [0.15, 0.2) is 0 Å². The number of benzene rings is 2. The molecule has 4 aromatic rings. The van der Waals surface area contributed by atoms with E-state index in [4.69, 9.17) is 19.4 Å². The van der Waals surface area contributed by atoms with E-state index in [2.05, 4.69) is 69.1 Å². The summed E-state index contributed by atoms with van der Waals surface area (Å²) in [4.78, 5) is 72.0. The molecule has 2 aliphatic heterocycles. The van der Waals surface area contributed by atoms with E-state index in [9.17, 15) is 19.2 Å². The molecule has 294 valence electrons. The van der Waals surface area contributed by atoms with Crippen molar-refractivity contribution in [2.45, 2.75) is 101 Å². The Morgan fingerprint density at radius 1 is 0.607 bits per heavy atom. The normalized spacial score (nSPS) is 24.0. The number of aromatic nitrogens is 4. The highest BCUT2D eigenvalue weighted by Crippen LogP contribution is 2.52. The number of fused-ring (bicyclic) bond motifs is 4. The van der Waals surface area contributed by atoms with Crippen molar-refractivity contribution in [1.29, 1.82) is 0 Å². The first-order chi connectivity index (χ1) is 26.8. The summed E-state index contributed by atoms with van der Waals surface area (Å²) >= 11 is 0. The van der Waals surface area contributed by atoms with Crippen LogP contribution < -0.4 is 10.6 Å². The Morgan fingerprint density at radius 2 is 0.964 bits per heavy atom. The van der Waals surface area contributed by atoms with Gasteiger partial charge in [-0.2, -0.15) is 0 Å². The number of aromatic amines is 2. The standard InChI is InChI=1S/C42H50N8O6/c1-41(2,47-39(53)55-5)37(51)49-29-17-15-27(19-29)33(49)35-43-21-31(45-35)25-11-7-23(8-12-25)24-9-13-26(14-10-24)32-22-44-36(46-32)34-28-16-18-30(20-28)50(34)38(52)42(3,4)48-40(54)56-6/h7-14,21-22,27-30,33-34H,15-20H2,1-6H3,(H,43,45)(H,44,46)(H,47,53)(H,48,54)/t27-,28-,29+,30+,33-,34-/m0/s1. The van der Waals surface area contributed by atoms with Crippen LogP contribution in [0.15, 0.2) is 60.9 Å². The zero-order chi connectivity index (χ0) is 39.5. The molecule has 2 saturated carbocycles. The molecule has 4 fully saturated rings. The van der Waals surface area contributed by atoms with Crippen LogP contribution in [0.3, 0.4) is 0 Å². The zero-order valence-corrected chi connectivity index (χ0v) is 32.7. The number of likely N-dealkylation sites (tertiary alicyclic amines) is 2. The lowest BCUT2D eigenvalue weighted by Crippen LogP contribution is -2.58. The van der Waals surface area contributed by atoms with Gasteiger partial charge in [-0.05, 0) is 100 Å². The first-order valence-corrected chi connectivity index (χ1v) is 19.5. The molecule has 2 aliphatic carbocycles. The quantitative estimate of drug-likeness (QED) is 0.149. The predicted octanol–water partition coefficient (Wildman–Crippen LogP) is 6.51. The van der Waals surface area contributed by atoms with Crippen LogP contribution in [0.25, 0.3) is 33.6 Å². The second-order valence-corrected chi connectivity index (χ2v) is 16.8. The first-order valence-electron chi connectivity index (χ1n) is 19.5. The highest BCUT2D eigenvalue weighted by molar-refractivity contribution is 5.91. The van der Waals surface area contributed by atoms with Crippen molar-refractivity contribution in [3.05, 3.63) is 72.6 Å². The van der Waals surface area contributed by atoms with E-state index in [0.717, 1.165) is 83.8 Å². The molecule has 0 unspecified atom stereocenters. The molecule has 4 N–H and O–H groups in total. The van der Waals surface area contributed by atoms with Gasteiger partial charge in [-0.3, -0.25) is 9.59 Å². The Bertz CT molecular complexity index is 1990. The summed E-state index contributed by atoms with van der Waals surface area (Å²) in [7, 11) is 2.58. The molecular weight excluding hydrogens is 713 g/mol. The molecule has 2 aromatic heterocycles. The third kappa shape index (κ3) is 6.58. The number of amides is 4. The molecule has 56 heavy (non-hydrogen) atoms. The van der Waals surface area contributed by atoms with Crippen molar-refractivity contribution in [1.82, 2.24) is 40.4 Å². The summed E-state index contributed by atoms with van der Waals surface area (Å²) < 4.78 is 9.54. The Morgan fingerprint density at radius 3 is 1.32 bits per heavy atom. The SMILES string of the molecule is COC(=O)NC(C)(C)C(=O)N1[C@@H]2CC[C@@H](C2)[C@H]1c1ncc(-c2ccc(-c3ccc(-c4cnc([C@@H]5[C@H]6CC[C@H](C6)N5C(=O)C(C)(C)NC(=O)OC)[nH]4)cc3)cc2)[nH]1. The molecule has 6 atom stereocenters. The summed E-state index contributed by atoms with van der Waals surface area (Å²) in [5.41, 5.74) is 3.61. The summed E-state index contributed by atoms with van der Waals surface area (Å²) in [6, 6.07) is 16.5. The van der Waals surface area contributed by atoms with E-state index >= 15 is 0 Å². The number of nitrogens with one attached hydrogen (secondary N) is 4. The topological polar surface area (TPSA) is 175 Å². The Labute approximate surface area is 326 Å². The minimum atomic E-state index is -1.12. The minimum Gasteiger partial charge on any atom is -0.453 e. The predicted molar refractivity (Wildman–Crippen MR) is 208 cm³/mol. The number of piperidine rings is 2. The lowest BCUT2D eigenvalue weighted by molar-refractivity contribution is -0.142. The van der Waals surface area contributed by atoms with Crippen LogP contribution in [0.1, 0.15) is 90.0 Å². The summed E-state index contributed by atoms with van der Waals surface area (Å²) in [5, 5.41) is 5.39. The molecule has 4 bridgehead atoms. The minimum absolute atomic E-state index is 0.116. The van der Waals surface area contributed by atoms with Crippen LogP contribution in [-0.4, -0.2) is 91.1 Å². The average molecular weight is 763 g/mol. The van der Waals surface area contributed by atoms with Gasteiger partial charge in [0.2, 0.25) is 11.8 Å². The Hall–Kier alpha value is -5.66. The number of carbonyl (C=O) groups is 4. The Kier molecular flexibility index (Phi) is 9.40. The number of methoxy groups -OCH3 is 2. The molecule has 2 aromatic carbocycles. The molecule has 14 nitrogen and oxygen atoms in total. The summed E-state index contributed by atoms with van der Waals surface area (Å²) in [6.45, 7) is 6.83. The zero-order valence-electron chi connectivity index (χ0n) is 32.7. The maximum absolute atomic E-state index is 13.8. The van der Waals surface area contributed by atoms with Gasteiger partial charge >= 0.3 is 12.2 Å². The fraction of sp³-hybridized carbons (Fsp3) is 0.476. The lowest BCUT2D eigenvalue weighted by atomic mass is 9.95. The van der Waals surface area contributed by atoms with Crippen LogP contribution in [-0.2, 0) is 19.1 Å². The van der Waals surface area contributed by atoms with Crippen molar-refractivity contribution in [2.75, 3.05) is 14.2 Å². The van der Waals surface area contributed by atoms with Crippen molar-refractivity contribution >= 4 is 24.0 Å². The second kappa shape index (κ2) is 14.1. The average Bonchev–Trinajstić information content (AvgIpc) is 4.06. The second-order valence-electron chi connectivity index (χ2n) is 16.8. The number of alkyl carbamates (subject to hydrolysis) is 2. The summed E-state index contributed by atoms with van der Waals surface area (Å²) in [5.74, 6) is 1.85. The molecular formula is C42H50N8O6. The van der Waals surface area contributed by atoms with Crippen LogP contribution in [0.4, 0.5) is 9.59 Å². The van der Waals surface area contributed by atoms with Gasteiger partial charge in [0, 0.05) is 12.1 Å². The maximum atomic E-state index is 13.8. The highest BCUT2D eigenvalue weighted by atomic mass is 16.5. The molecule has 4 heterocycles. The molecule has 0 radical (unpaired) electrons. The molecule has 14 heteroatoms. The monoisotopic (exact) mass is 762 g/mol. The van der Waals surface area contributed by atoms with Crippen molar-refractivity contribution in [3.8, 4) is 33.6 Å². The molecule has 2 saturated heterocycles. The fourth-order valence-corrected chi connectivity index (χ4v) is 9.58. The van der Waals surface area contributed by atoms with E-state index in [0.29, 0.717) is 11.8 Å². The molecule has 4 amide bonds. The Balaban J connectivity index is 0.951. The molecule has 4 aliphatic rings. The fourth-order valence-electron chi connectivity index (χ4n) is 9.58. The van der Waals surface area contributed by atoms with Gasteiger partial charge in [-0.1, -0.05) is 48.5 Å². The van der Waals surface area contributed by atoms with Crippen molar-refractivity contribution in [3.63, 3.8) is 0 Å². The van der Waals surface area contributed by atoms with Gasteiger partial charge in [0.25, 0.3) is 0 Å². The van der Waals surface area contributed by atoms with E-state index in [1.807, 2.05) is 22.2 Å².